The van der Waals surface area contributed by atoms with Crippen molar-refractivity contribution in [1.82, 2.24) is 14.9 Å². The number of hydrogen-bond donors (Lipinski definition) is 1. The number of hydrogen-bond acceptors (Lipinski definition) is 3. The molecule has 0 bridgehead atoms. The third-order valence-electron chi connectivity index (χ3n) is 3.41. The molecule has 0 saturated carbocycles. The smallest absolute Gasteiger partial charge is 0.168 e. The van der Waals surface area contributed by atoms with Crippen LogP contribution >= 0.6 is 0 Å². The average Bonchev–Trinajstić information content (AvgIpc) is 2.91. The summed E-state index contributed by atoms with van der Waals surface area (Å²) >= 11 is 0. The number of nitrogens with one attached hydrogen (secondary N) is 1. The van der Waals surface area contributed by atoms with Gasteiger partial charge in [0.15, 0.2) is 11.6 Å². The minimum atomic E-state index is -0.292. The molecule has 1 aromatic heterocycles. The molecular weight excluding hydrogens is 269 g/mol. The van der Waals surface area contributed by atoms with Crippen LogP contribution in [0.1, 0.15) is 30.6 Å². The molecule has 1 heterocycles. The largest absolute Gasteiger partial charge is 0.494 e. The molecular formula is C16H22FN3O. The third kappa shape index (κ3) is 3.82. The van der Waals surface area contributed by atoms with E-state index in [0.29, 0.717) is 12.0 Å². The van der Waals surface area contributed by atoms with Crippen LogP contribution < -0.4 is 10.1 Å². The molecule has 21 heavy (non-hydrogen) atoms. The molecule has 0 spiro atoms. The van der Waals surface area contributed by atoms with E-state index in [0.717, 1.165) is 18.7 Å². The average molecular weight is 291 g/mol. The zero-order chi connectivity index (χ0) is 15.2. The second kappa shape index (κ2) is 7.22. The van der Waals surface area contributed by atoms with Crippen LogP contribution in [-0.2, 0) is 13.5 Å². The first-order valence-electron chi connectivity index (χ1n) is 7.18. The molecule has 1 N–H and O–H groups in total. The lowest BCUT2D eigenvalue weighted by molar-refractivity contribution is 0.382. The first-order chi connectivity index (χ1) is 10.2. The van der Waals surface area contributed by atoms with Gasteiger partial charge in [0.1, 0.15) is 0 Å². The van der Waals surface area contributed by atoms with Crippen LogP contribution in [0.5, 0.6) is 5.75 Å². The predicted octanol–water partition coefficient (Wildman–Crippen LogP) is 2.85. The van der Waals surface area contributed by atoms with E-state index >= 15 is 0 Å². The normalized spacial score (nSPS) is 12.4. The molecule has 2 rings (SSSR count). The van der Waals surface area contributed by atoms with Gasteiger partial charge in [-0.3, -0.25) is 0 Å². The molecule has 0 aliphatic rings. The van der Waals surface area contributed by atoms with Crippen LogP contribution in [-0.4, -0.2) is 23.2 Å². The highest BCUT2D eigenvalue weighted by atomic mass is 19.1. The van der Waals surface area contributed by atoms with E-state index in [2.05, 4.69) is 17.2 Å². The van der Waals surface area contributed by atoms with Crippen molar-refractivity contribution in [3.63, 3.8) is 0 Å². The summed E-state index contributed by atoms with van der Waals surface area (Å²) in [7, 11) is 3.41. The monoisotopic (exact) mass is 291 g/mol. The number of ether oxygens (including phenoxy) is 1. The molecule has 0 radical (unpaired) electrons. The molecule has 1 aromatic carbocycles. The summed E-state index contributed by atoms with van der Waals surface area (Å²) in [6, 6.07) is 5.23. The highest BCUT2D eigenvalue weighted by molar-refractivity contribution is 5.32. The first kappa shape index (κ1) is 15.5. The Balaban J connectivity index is 2.22. The van der Waals surface area contributed by atoms with E-state index in [1.165, 1.54) is 7.11 Å². The van der Waals surface area contributed by atoms with Crippen LogP contribution in [0.15, 0.2) is 30.7 Å². The minimum absolute atomic E-state index is 0.00671. The van der Waals surface area contributed by atoms with Gasteiger partial charge in [-0.2, -0.15) is 0 Å². The van der Waals surface area contributed by atoms with Crippen LogP contribution in [0.25, 0.3) is 0 Å². The van der Waals surface area contributed by atoms with Gasteiger partial charge in [-0.15, -0.1) is 0 Å². The van der Waals surface area contributed by atoms with E-state index in [-0.39, 0.29) is 17.6 Å². The van der Waals surface area contributed by atoms with Crippen molar-refractivity contribution in [3.8, 4) is 5.75 Å². The van der Waals surface area contributed by atoms with Gasteiger partial charge in [-0.25, -0.2) is 9.37 Å². The summed E-state index contributed by atoms with van der Waals surface area (Å²) in [5.74, 6) is -0.0120. The number of aromatic nitrogens is 2. The zero-order valence-electron chi connectivity index (χ0n) is 12.8. The topological polar surface area (TPSA) is 39.1 Å². The summed E-state index contributed by atoms with van der Waals surface area (Å²) in [4.78, 5) is 4.38. The Morgan fingerprint density at radius 3 is 2.86 bits per heavy atom. The van der Waals surface area contributed by atoms with Crippen LogP contribution in [0.2, 0.25) is 0 Å². The summed E-state index contributed by atoms with van der Waals surface area (Å²) in [5, 5.41) is 3.43. The molecule has 114 valence electrons. The minimum Gasteiger partial charge on any atom is -0.494 e. The van der Waals surface area contributed by atoms with Gasteiger partial charge in [0.05, 0.1) is 25.2 Å². The SMILES string of the molecule is CCCNC(Cc1cccc(OC)c1F)c1cn(C)cn1. The Morgan fingerprint density at radius 1 is 1.43 bits per heavy atom. The number of aryl methyl sites for hydroxylation is 1. The lowest BCUT2D eigenvalue weighted by atomic mass is 10.0. The molecule has 2 aromatic rings. The molecule has 0 aliphatic carbocycles. The zero-order valence-corrected chi connectivity index (χ0v) is 12.8. The Labute approximate surface area is 125 Å². The van der Waals surface area contributed by atoms with E-state index in [1.807, 2.05) is 23.9 Å². The van der Waals surface area contributed by atoms with E-state index in [4.69, 9.17) is 4.74 Å². The quantitative estimate of drug-likeness (QED) is 0.852. The summed E-state index contributed by atoms with van der Waals surface area (Å²) in [6.45, 7) is 2.97. The summed E-state index contributed by atoms with van der Waals surface area (Å²) < 4.78 is 21.2. The molecule has 1 atom stereocenters. The maximum absolute atomic E-state index is 14.3. The van der Waals surface area contributed by atoms with Crippen molar-refractivity contribution in [1.29, 1.82) is 0 Å². The number of halogens is 1. The molecule has 5 heteroatoms. The van der Waals surface area contributed by atoms with Gasteiger partial charge in [0.2, 0.25) is 0 Å². The van der Waals surface area contributed by atoms with Gasteiger partial charge >= 0.3 is 0 Å². The molecule has 1 unspecified atom stereocenters. The molecule has 4 nitrogen and oxygen atoms in total. The Morgan fingerprint density at radius 2 is 2.24 bits per heavy atom. The predicted molar refractivity (Wildman–Crippen MR) is 80.9 cm³/mol. The molecule has 0 amide bonds. The van der Waals surface area contributed by atoms with Crippen molar-refractivity contribution in [3.05, 3.63) is 47.8 Å². The van der Waals surface area contributed by atoms with Gasteiger partial charge < -0.3 is 14.6 Å². The van der Waals surface area contributed by atoms with Gasteiger partial charge in [-0.1, -0.05) is 19.1 Å². The lowest BCUT2D eigenvalue weighted by Gasteiger charge is -2.17. The summed E-state index contributed by atoms with van der Waals surface area (Å²) in [6.07, 6.45) is 5.28. The number of imidazole rings is 1. The molecule has 0 saturated heterocycles. The van der Waals surface area contributed by atoms with E-state index in [1.54, 1.807) is 18.5 Å². The fourth-order valence-electron chi connectivity index (χ4n) is 2.30. The fraction of sp³-hybridized carbons (Fsp3) is 0.438. The first-order valence-corrected chi connectivity index (χ1v) is 7.18. The number of rotatable bonds is 7. The summed E-state index contributed by atoms with van der Waals surface area (Å²) in [5.41, 5.74) is 1.56. The van der Waals surface area contributed by atoms with Crippen molar-refractivity contribution in [2.45, 2.75) is 25.8 Å². The lowest BCUT2D eigenvalue weighted by Crippen LogP contribution is -2.24. The number of nitrogens with zero attached hydrogens (tertiary/aromatic N) is 2. The standard InChI is InChI=1S/C16H22FN3O/c1-4-8-18-13(14-10-20(2)11-19-14)9-12-6-5-7-15(21-3)16(12)17/h5-7,10-11,13,18H,4,8-9H2,1-3H3. The fourth-order valence-corrected chi connectivity index (χ4v) is 2.30. The van der Waals surface area contributed by atoms with Crippen molar-refractivity contribution in [2.24, 2.45) is 7.05 Å². The Hall–Kier alpha value is -1.88. The van der Waals surface area contributed by atoms with Gasteiger partial charge in [-0.05, 0) is 31.0 Å². The highest BCUT2D eigenvalue weighted by Crippen LogP contribution is 2.24. The van der Waals surface area contributed by atoms with Crippen LogP contribution in [0.4, 0.5) is 4.39 Å². The third-order valence-corrected chi connectivity index (χ3v) is 3.41. The molecule has 0 fully saturated rings. The van der Waals surface area contributed by atoms with Crippen LogP contribution in [0, 0.1) is 5.82 Å². The van der Waals surface area contributed by atoms with Gasteiger partial charge in [0.25, 0.3) is 0 Å². The number of methoxy groups -OCH3 is 1. The van der Waals surface area contributed by atoms with Crippen molar-refractivity contribution in [2.75, 3.05) is 13.7 Å². The van der Waals surface area contributed by atoms with Crippen molar-refractivity contribution >= 4 is 0 Å². The maximum Gasteiger partial charge on any atom is 0.168 e. The highest BCUT2D eigenvalue weighted by Gasteiger charge is 2.17. The van der Waals surface area contributed by atoms with E-state index < -0.39 is 0 Å². The maximum atomic E-state index is 14.3. The second-order valence-corrected chi connectivity index (χ2v) is 5.11. The van der Waals surface area contributed by atoms with Crippen LogP contribution in [0.3, 0.4) is 0 Å². The van der Waals surface area contributed by atoms with Gasteiger partial charge in [0, 0.05) is 13.2 Å². The van der Waals surface area contributed by atoms with E-state index in [9.17, 15) is 4.39 Å². The Kier molecular flexibility index (Phi) is 5.33. The van der Waals surface area contributed by atoms with Crippen molar-refractivity contribution < 1.29 is 9.13 Å². The Bertz CT molecular complexity index is 583. The number of benzene rings is 1. The molecule has 0 aliphatic heterocycles. The second-order valence-electron chi connectivity index (χ2n) is 5.11.